The van der Waals surface area contributed by atoms with Gasteiger partial charge in [0.05, 0.1) is 18.5 Å². The number of rotatable bonds is 11. The van der Waals surface area contributed by atoms with Gasteiger partial charge in [0.2, 0.25) is 15.9 Å². The Kier molecular flexibility index (Phi) is 8.92. The van der Waals surface area contributed by atoms with Crippen LogP contribution in [0.1, 0.15) is 43.4 Å². The van der Waals surface area contributed by atoms with Gasteiger partial charge in [0.25, 0.3) is 0 Å². The highest BCUT2D eigenvalue weighted by Gasteiger charge is 2.31. The highest BCUT2D eigenvalue weighted by atomic mass is 32.2. The smallest absolute Gasteiger partial charge is 0.244 e. The Bertz CT molecular complexity index is 972. The molecule has 170 valence electrons. The Morgan fingerprint density at radius 3 is 2.29 bits per heavy atom. The van der Waals surface area contributed by atoms with Crippen LogP contribution in [0.15, 0.2) is 42.5 Å². The third kappa shape index (κ3) is 6.99. The van der Waals surface area contributed by atoms with Gasteiger partial charge in [0.15, 0.2) is 0 Å². The number of hydrogen-bond acceptors (Lipinski definition) is 4. The number of carbonyl (C=O) groups is 1. The van der Waals surface area contributed by atoms with E-state index in [2.05, 4.69) is 12.2 Å². The number of sulfonamides is 1. The maximum atomic E-state index is 12.8. The van der Waals surface area contributed by atoms with Crippen molar-refractivity contribution in [3.8, 4) is 5.75 Å². The van der Waals surface area contributed by atoms with Gasteiger partial charge in [-0.2, -0.15) is 0 Å². The van der Waals surface area contributed by atoms with Crippen LogP contribution >= 0.6 is 0 Å². The van der Waals surface area contributed by atoms with Gasteiger partial charge in [-0.1, -0.05) is 38.5 Å². The van der Waals surface area contributed by atoms with Gasteiger partial charge in [0, 0.05) is 0 Å². The standard InChI is InChI=1S/C24H34N2O4S/c1-6-8-20-10-13-22(14-11-20)30-16-15-25-24(27)23(7-2)26(31(5,28)29)21-12-9-18(3)19(4)17-21/h9-14,17,23H,6-8,15-16H2,1-5H3,(H,25,27)/t23-/m1/s1. The van der Waals surface area contributed by atoms with Crippen molar-refractivity contribution >= 4 is 21.6 Å². The van der Waals surface area contributed by atoms with Crippen LogP contribution in [-0.2, 0) is 21.2 Å². The summed E-state index contributed by atoms with van der Waals surface area (Å²) in [5.74, 6) is 0.405. The summed E-state index contributed by atoms with van der Waals surface area (Å²) >= 11 is 0. The van der Waals surface area contributed by atoms with Crippen LogP contribution in [0, 0.1) is 13.8 Å². The number of hydrogen-bond donors (Lipinski definition) is 1. The first-order valence-electron chi connectivity index (χ1n) is 10.7. The van der Waals surface area contributed by atoms with Gasteiger partial charge < -0.3 is 10.1 Å². The molecule has 6 nitrogen and oxygen atoms in total. The van der Waals surface area contributed by atoms with Crippen molar-refractivity contribution < 1.29 is 17.9 Å². The van der Waals surface area contributed by atoms with Crippen molar-refractivity contribution in [2.24, 2.45) is 0 Å². The van der Waals surface area contributed by atoms with Crippen LogP contribution in [0.3, 0.4) is 0 Å². The summed E-state index contributed by atoms with van der Waals surface area (Å²) in [5.41, 5.74) is 3.80. The molecule has 0 bridgehead atoms. The number of benzene rings is 2. The minimum atomic E-state index is -3.65. The number of ether oxygens (including phenoxy) is 1. The van der Waals surface area contributed by atoms with E-state index in [4.69, 9.17) is 4.74 Å². The first-order chi connectivity index (χ1) is 14.7. The Labute approximate surface area is 186 Å². The minimum absolute atomic E-state index is 0.288. The molecule has 31 heavy (non-hydrogen) atoms. The lowest BCUT2D eigenvalue weighted by Gasteiger charge is -2.30. The Balaban J connectivity index is 2.02. The molecular weight excluding hydrogens is 412 g/mol. The van der Waals surface area contributed by atoms with Crippen LogP contribution in [0.2, 0.25) is 0 Å². The van der Waals surface area contributed by atoms with Gasteiger partial charge in [-0.3, -0.25) is 9.10 Å². The maximum Gasteiger partial charge on any atom is 0.244 e. The van der Waals surface area contributed by atoms with Crippen molar-refractivity contribution in [2.45, 2.75) is 53.0 Å². The van der Waals surface area contributed by atoms with Gasteiger partial charge in [0.1, 0.15) is 18.4 Å². The molecule has 0 saturated carbocycles. The SMILES string of the molecule is CCCc1ccc(OCCNC(=O)[C@@H](CC)N(c2ccc(C)c(C)c2)S(C)(=O)=O)cc1. The predicted molar refractivity (Wildman–Crippen MR) is 126 cm³/mol. The molecule has 0 aliphatic rings. The Morgan fingerprint density at radius 1 is 1.06 bits per heavy atom. The summed E-state index contributed by atoms with van der Waals surface area (Å²) in [6.45, 7) is 8.42. The lowest BCUT2D eigenvalue weighted by molar-refractivity contribution is -0.122. The van der Waals surface area contributed by atoms with E-state index in [-0.39, 0.29) is 12.5 Å². The topological polar surface area (TPSA) is 75.7 Å². The molecular formula is C24H34N2O4S. The van der Waals surface area contributed by atoms with E-state index in [1.54, 1.807) is 19.1 Å². The van der Waals surface area contributed by atoms with E-state index >= 15 is 0 Å². The number of aryl methyl sites for hydroxylation is 3. The second kappa shape index (κ2) is 11.2. The molecule has 1 atom stereocenters. The maximum absolute atomic E-state index is 12.8. The monoisotopic (exact) mass is 446 g/mol. The van der Waals surface area contributed by atoms with Crippen molar-refractivity contribution in [3.05, 3.63) is 59.2 Å². The summed E-state index contributed by atoms with van der Waals surface area (Å²) in [5, 5.41) is 2.81. The number of nitrogens with zero attached hydrogens (tertiary/aromatic N) is 1. The summed E-state index contributed by atoms with van der Waals surface area (Å²) < 4.78 is 32.0. The van der Waals surface area contributed by atoms with Crippen molar-refractivity contribution in [1.82, 2.24) is 5.32 Å². The summed E-state index contributed by atoms with van der Waals surface area (Å²) in [4.78, 5) is 12.8. The van der Waals surface area contributed by atoms with Gasteiger partial charge >= 0.3 is 0 Å². The average molecular weight is 447 g/mol. The highest BCUT2D eigenvalue weighted by molar-refractivity contribution is 7.92. The molecule has 0 saturated heterocycles. The van der Waals surface area contributed by atoms with Gasteiger partial charge in [-0.05, 0) is 67.6 Å². The molecule has 0 aliphatic heterocycles. The van der Waals surface area contributed by atoms with E-state index in [1.807, 2.05) is 44.2 Å². The van der Waals surface area contributed by atoms with Crippen LogP contribution in [0.4, 0.5) is 5.69 Å². The third-order valence-corrected chi connectivity index (χ3v) is 6.39. The van der Waals surface area contributed by atoms with Crippen LogP contribution < -0.4 is 14.4 Å². The fraction of sp³-hybridized carbons (Fsp3) is 0.458. The number of amides is 1. The van der Waals surface area contributed by atoms with Crippen molar-refractivity contribution in [1.29, 1.82) is 0 Å². The minimum Gasteiger partial charge on any atom is -0.492 e. The summed E-state index contributed by atoms with van der Waals surface area (Å²) in [7, 11) is -3.65. The fourth-order valence-electron chi connectivity index (χ4n) is 3.42. The number of carbonyl (C=O) groups excluding carboxylic acids is 1. The predicted octanol–water partition coefficient (Wildman–Crippen LogP) is 4.00. The largest absolute Gasteiger partial charge is 0.492 e. The molecule has 7 heteroatoms. The molecule has 2 aromatic carbocycles. The zero-order valence-corrected chi connectivity index (χ0v) is 20.0. The zero-order valence-electron chi connectivity index (χ0n) is 19.1. The summed E-state index contributed by atoms with van der Waals surface area (Å²) in [6.07, 6.45) is 3.61. The lowest BCUT2D eigenvalue weighted by Crippen LogP contribution is -2.50. The second-order valence-corrected chi connectivity index (χ2v) is 9.64. The van der Waals surface area contributed by atoms with Gasteiger partial charge in [-0.15, -0.1) is 0 Å². The first kappa shape index (κ1) is 24.7. The van der Waals surface area contributed by atoms with E-state index in [9.17, 15) is 13.2 Å². The van der Waals surface area contributed by atoms with E-state index in [1.165, 1.54) is 9.87 Å². The molecule has 0 spiro atoms. The molecule has 2 aromatic rings. The number of anilines is 1. The van der Waals surface area contributed by atoms with Crippen LogP contribution in [0.25, 0.3) is 0 Å². The van der Waals surface area contributed by atoms with Crippen LogP contribution in [0.5, 0.6) is 5.75 Å². The Hall–Kier alpha value is -2.54. The molecule has 0 fully saturated rings. The molecule has 0 radical (unpaired) electrons. The van der Waals surface area contributed by atoms with Crippen molar-refractivity contribution in [2.75, 3.05) is 23.7 Å². The molecule has 2 rings (SSSR count). The quantitative estimate of drug-likeness (QED) is 0.530. The molecule has 0 heterocycles. The molecule has 1 amide bonds. The normalized spacial score (nSPS) is 12.3. The van der Waals surface area contributed by atoms with E-state index in [0.29, 0.717) is 18.7 Å². The third-order valence-electron chi connectivity index (χ3n) is 5.21. The lowest BCUT2D eigenvalue weighted by atomic mass is 10.1. The Morgan fingerprint density at radius 2 is 1.74 bits per heavy atom. The van der Waals surface area contributed by atoms with Gasteiger partial charge in [-0.25, -0.2) is 8.42 Å². The highest BCUT2D eigenvalue weighted by Crippen LogP contribution is 2.25. The van der Waals surface area contributed by atoms with Crippen molar-refractivity contribution in [3.63, 3.8) is 0 Å². The molecule has 1 N–H and O–H groups in total. The second-order valence-electron chi connectivity index (χ2n) is 7.78. The first-order valence-corrected chi connectivity index (χ1v) is 12.6. The van der Waals surface area contributed by atoms with E-state index in [0.717, 1.165) is 36.0 Å². The summed E-state index contributed by atoms with van der Waals surface area (Å²) in [6, 6.07) is 12.5. The average Bonchev–Trinajstić information content (AvgIpc) is 2.72. The molecule has 0 unspecified atom stereocenters. The molecule has 0 aromatic heterocycles. The molecule has 0 aliphatic carbocycles. The van der Waals surface area contributed by atoms with Crippen LogP contribution in [-0.4, -0.2) is 39.8 Å². The van der Waals surface area contributed by atoms with E-state index < -0.39 is 16.1 Å². The fourth-order valence-corrected chi connectivity index (χ4v) is 4.63. The zero-order chi connectivity index (χ0) is 23.0. The number of nitrogens with one attached hydrogen (secondary N) is 1.